The summed E-state index contributed by atoms with van der Waals surface area (Å²) in [6.45, 7) is 0. The molecular weight excluding hydrogens is 308 g/mol. The summed E-state index contributed by atoms with van der Waals surface area (Å²) in [5, 5.41) is 7.87. The molecule has 0 aliphatic carbocycles. The summed E-state index contributed by atoms with van der Waals surface area (Å²) in [4.78, 5) is 27.5. The fourth-order valence-electron chi connectivity index (χ4n) is 3.21. The van der Waals surface area contributed by atoms with Gasteiger partial charge in [-0.05, 0) is 24.3 Å². The molecule has 3 aromatic rings. The number of benzene rings is 1. The zero-order valence-corrected chi connectivity index (χ0v) is 13.3. The molecule has 1 aromatic carbocycles. The molecule has 1 unspecified atom stereocenters. The second-order valence-electron chi connectivity index (χ2n) is 5.88. The van der Waals surface area contributed by atoms with Gasteiger partial charge in [-0.25, -0.2) is 0 Å². The minimum atomic E-state index is -0.318. The van der Waals surface area contributed by atoms with E-state index in [1.165, 1.54) is 0 Å². The van der Waals surface area contributed by atoms with Crippen molar-refractivity contribution >= 4 is 22.6 Å². The zero-order valence-electron chi connectivity index (χ0n) is 13.3. The fraction of sp³-hybridized carbons (Fsp3) is 0.235. The molecule has 0 bridgehead atoms. The van der Waals surface area contributed by atoms with Crippen LogP contribution in [0.2, 0.25) is 0 Å². The van der Waals surface area contributed by atoms with Crippen LogP contribution < -0.4 is 15.6 Å². The number of aromatic nitrogens is 3. The average Bonchev–Trinajstić information content (AvgIpc) is 2.94. The monoisotopic (exact) mass is 324 g/mol. The number of ether oxygens (including phenoxy) is 1. The standard InChI is InChI=1S/C17H16N4O3/c1-21-16-13(8-18-21)11(7-15(22)20-16)12-6-9-5-10(24-2)3-4-14(9)19-17(12)23/h3-6,8,11H,7H2,1-2H3,(H,19,23)(H,20,22). The topological polar surface area (TPSA) is 89.0 Å². The molecule has 0 spiro atoms. The molecule has 7 nitrogen and oxygen atoms in total. The number of fused-ring (bicyclic) bond motifs is 2. The zero-order chi connectivity index (χ0) is 16.8. The van der Waals surface area contributed by atoms with Crippen molar-refractivity contribution in [3.8, 4) is 5.75 Å². The molecule has 4 rings (SSSR count). The summed E-state index contributed by atoms with van der Waals surface area (Å²) in [6.07, 6.45) is 1.92. The van der Waals surface area contributed by atoms with E-state index in [0.717, 1.165) is 16.5 Å². The second-order valence-corrected chi connectivity index (χ2v) is 5.88. The van der Waals surface area contributed by atoms with Gasteiger partial charge in [-0.2, -0.15) is 5.10 Å². The number of rotatable bonds is 2. The van der Waals surface area contributed by atoms with Crippen LogP contribution in [0.15, 0.2) is 35.3 Å². The van der Waals surface area contributed by atoms with Gasteiger partial charge in [0.1, 0.15) is 11.6 Å². The number of pyridine rings is 1. The highest BCUT2D eigenvalue weighted by Gasteiger charge is 2.31. The second kappa shape index (κ2) is 5.23. The van der Waals surface area contributed by atoms with E-state index in [2.05, 4.69) is 15.4 Å². The van der Waals surface area contributed by atoms with Crippen molar-refractivity contribution in [3.63, 3.8) is 0 Å². The first-order valence-electron chi connectivity index (χ1n) is 7.59. The SMILES string of the molecule is COc1ccc2[nH]c(=O)c(C3CC(=O)Nc4c3cnn4C)cc2c1. The summed E-state index contributed by atoms with van der Waals surface area (Å²) in [6, 6.07) is 7.30. The maximum absolute atomic E-state index is 12.6. The number of carbonyl (C=O) groups excluding carboxylic acids is 1. The summed E-state index contributed by atoms with van der Waals surface area (Å²) >= 11 is 0. The number of aromatic amines is 1. The van der Waals surface area contributed by atoms with Crippen molar-refractivity contribution in [3.05, 3.63) is 51.9 Å². The number of hydrogen-bond donors (Lipinski definition) is 2. The Morgan fingerprint density at radius 3 is 2.88 bits per heavy atom. The van der Waals surface area contributed by atoms with Gasteiger partial charge < -0.3 is 15.0 Å². The Morgan fingerprint density at radius 1 is 1.25 bits per heavy atom. The minimum absolute atomic E-state index is 0.124. The van der Waals surface area contributed by atoms with Crippen molar-refractivity contribution < 1.29 is 9.53 Å². The lowest BCUT2D eigenvalue weighted by molar-refractivity contribution is -0.116. The Labute approximate surface area is 137 Å². The van der Waals surface area contributed by atoms with Crippen LogP contribution in [0.3, 0.4) is 0 Å². The third-order valence-corrected chi connectivity index (χ3v) is 4.45. The van der Waals surface area contributed by atoms with E-state index in [0.29, 0.717) is 17.1 Å². The van der Waals surface area contributed by atoms with Crippen LogP contribution in [0.1, 0.15) is 23.5 Å². The predicted molar refractivity (Wildman–Crippen MR) is 89.4 cm³/mol. The molecule has 1 aliphatic rings. The van der Waals surface area contributed by atoms with E-state index in [-0.39, 0.29) is 23.8 Å². The third kappa shape index (κ3) is 2.17. The van der Waals surface area contributed by atoms with Crippen molar-refractivity contribution in [2.45, 2.75) is 12.3 Å². The number of nitrogens with zero attached hydrogens (tertiary/aromatic N) is 2. The van der Waals surface area contributed by atoms with Crippen molar-refractivity contribution in [1.82, 2.24) is 14.8 Å². The van der Waals surface area contributed by atoms with E-state index >= 15 is 0 Å². The molecule has 2 N–H and O–H groups in total. The molecule has 1 aliphatic heterocycles. The lowest BCUT2D eigenvalue weighted by atomic mass is 9.87. The highest BCUT2D eigenvalue weighted by molar-refractivity contribution is 5.94. The molecule has 122 valence electrons. The van der Waals surface area contributed by atoms with Crippen LogP contribution in [-0.4, -0.2) is 27.8 Å². The number of H-pyrrole nitrogens is 1. The number of hydrogen-bond acceptors (Lipinski definition) is 4. The number of carbonyl (C=O) groups is 1. The highest BCUT2D eigenvalue weighted by Crippen LogP contribution is 2.36. The van der Waals surface area contributed by atoms with E-state index in [1.54, 1.807) is 31.1 Å². The maximum Gasteiger partial charge on any atom is 0.252 e. The molecule has 3 heterocycles. The summed E-state index contributed by atoms with van der Waals surface area (Å²) in [7, 11) is 3.36. The molecule has 1 amide bonds. The van der Waals surface area contributed by atoms with E-state index in [1.807, 2.05) is 18.2 Å². The van der Waals surface area contributed by atoms with Gasteiger partial charge in [0.15, 0.2) is 0 Å². The van der Waals surface area contributed by atoms with Crippen molar-refractivity contribution in [1.29, 1.82) is 0 Å². The maximum atomic E-state index is 12.6. The van der Waals surface area contributed by atoms with E-state index in [9.17, 15) is 9.59 Å². The largest absolute Gasteiger partial charge is 0.497 e. The van der Waals surface area contributed by atoms with Crippen LogP contribution in [-0.2, 0) is 11.8 Å². The average molecular weight is 324 g/mol. The summed E-state index contributed by atoms with van der Waals surface area (Å²) in [5.74, 6) is 0.911. The lowest BCUT2D eigenvalue weighted by Crippen LogP contribution is -2.27. The molecule has 2 aromatic heterocycles. The van der Waals surface area contributed by atoms with Crippen LogP contribution in [0.5, 0.6) is 5.75 Å². The highest BCUT2D eigenvalue weighted by atomic mass is 16.5. The smallest absolute Gasteiger partial charge is 0.252 e. The van der Waals surface area contributed by atoms with Crippen LogP contribution in [0, 0.1) is 0 Å². The lowest BCUT2D eigenvalue weighted by Gasteiger charge is -2.22. The van der Waals surface area contributed by atoms with Gasteiger partial charge in [0, 0.05) is 41.4 Å². The Morgan fingerprint density at radius 2 is 2.08 bits per heavy atom. The van der Waals surface area contributed by atoms with Crippen molar-refractivity contribution in [2.75, 3.05) is 12.4 Å². The Kier molecular flexibility index (Phi) is 3.16. The van der Waals surface area contributed by atoms with Crippen LogP contribution in [0.4, 0.5) is 5.82 Å². The van der Waals surface area contributed by atoms with Gasteiger partial charge in [0.25, 0.3) is 5.56 Å². The molecule has 0 radical (unpaired) electrons. The van der Waals surface area contributed by atoms with Crippen molar-refractivity contribution in [2.24, 2.45) is 7.05 Å². The molecule has 0 saturated carbocycles. The first kappa shape index (κ1) is 14.5. The fourth-order valence-corrected chi connectivity index (χ4v) is 3.21. The number of methoxy groups -OCH3 is 1. The molecule has 1 atom stereocenters. The van der Waals surface area contributed by atoms with Gasteiger partial charge in [-0.15, -0.1) is 0 Å². The number of nitrogens with one attached hydrogen (secondary N) is 2. The van der Waals surface area contributed by atoms with E-state index in [4.69, 9.17) is 4.74 Å². The number of aryl methyl sites for hydroxylation is 1. The molecular formula is C17H16N4O3. The van der Waals surface area contributed by atoms with Gasteiger partial charge in [0.2, 0.25) is 5.91 Å². The van der Waals surface area contributed by atoms with Gasteiger partial charge in [0.05, 0.1) is 13.3 Å². The van der Waals surface area contributed by atoms with E-state index < -0.39 is 0 Å². The molecule has 7 heteroatoms. The molecule has 24 heavy (non-hydrogen) atoms. The first-order valence-corrected chi connectivity index (χ1v) is 7.59. The number of anilines is 1. The third-order valence-electron chi connectivity index (χ3n) is 4.45. The van der Waals surface area contributed by atoms with Crippen LogP contribution >= 0.6 is 0 Å². The molecule has 0 saturated heterocycles. The van der Waals surface area contributed by atoms with Crippen LogP contribution in [0.25, 0.3) is 10.9 Å². The Bertz CT molecular complexity index is 1020. The number of amides is 1. The molecule has 0 fully saturated rings. The minimum Gasteiger partial charge on any atom is -0.497 e. The van der Waals surface area contributed by atoms with Gasteiger partial charge in [-0.3, -0.25) is 14.3 Å². The normalized spacial score (nSPS) is 16.8. The Balaban J connectivity index is 1.91. The first-order chi connectivity index (χ1) is 11.6. The summed E-state index contributed by atoms with van der Waals surface area (Å²) < 4.78 is 6.85. The quantitative estimate of drug-likeness (QED) is 0.751. The Hall–Kier alpha value is -3.09. The summed E-state index contributed by atoms with van der Waals surface area (Å²) in [5.41, 5.74) is 1.95. The van der Waals surface area contributed by atoms with Gasteiger partial charge in [-0.1, -0.05) is 0 Å². The van der Waals surface area contributed by atoms with Gasteiger partial charge >= 0.3 is 0 Å². The predicted octanol–water partition coefficient (Wildman–Crippen LogP) is 1.74.